The summed E-state index contributed by atoms with van der Waals surface area (Å²) in [7, 11) is 0. The third kappa shape index (κ3) is 0.661. The van der Waals surface area contributed by atoms with E-state index in [1.165, 1.54) is 18.5 Å². The molecule has 1 aromatic rings. The molecule has 48 valence electrons. The van der Waals surface area contributed by atoms with Crippen molar-refractivity contribution in [2.24, 2.45) is 0 Å². The van der Waals surface area contributed by atoms with Crippen LogP contribution in [-0.4, -0.2) is 9.97 Å². The third-order valence-corrected chi connectivity index (χ3v) is 2.15. The molecule has 0 aliphatic heterocycles. The lowest BCUT2D eigenvalue weighted by atomic mass is 10.1. The Morgan fingerprint density at radius 3 is 2.89 bits per heavy atom. The second-order valence-corrected chi connectivity index (χ2v) is 3.03. The van der Waals surface area contributed by atoms with Crippen LogP contribution in [-0.2, 0) is 5.41 Å². The lowest BCUT2D eigenvalue weighted by Crippen LogP contribution is -1.98. The van der Waals surface area contributed by atoms with E-state index in [1.54, 1.807) is 6.33 Å². The van der Waals surface area contributed by atoms with E-state index in [4.69, 9.17) is 0 Å². The molecule has 0 aromatic carbocycles. The van der Waals surface area contributed by atoms with Crippen LogP contribution in [0.3, 0.4) is 0 Å². The Hall–Kier alpha value is -0.790. The first-order valence-corrected chi connectivity index (χ1v) is 3.30. The van der Waals surface area contributed by atoms with Crippen LogP contribution >= 0.6 is 0 Å². The molecule has 2 nitrogen and oxygen atoms in total. The monoisotopic (exact) mass is 122 g/mol. The standard InChI is InChI=1S/C7H10N2/c1-7(2-3-7)6-4-8-5-9-6/h4-5H,2-3H2,1H3,(H,8,9). The lowest BCUT2D eigenvalue weighted by Gasteiger charge is -2.00. The maximum atomic E-state index is 3.97. The van der Waals surface area contributed by atoms with Gasteiger partial charge in [0.1, 0.15) is 0 Å². The van der Waals surface area contributed by atoms with Gasteiger partial charge in [0.25, 0.3) is 0 Å². The lowest BCUT2D eigenvalue weighted by molar-refractivity contribution is 0.757. The Bertz CT molecular complexity index is 197. The van der Waals surface area contributed by atoms with Gasteiger partial charge < -0.3 is 4.98 Å². The van der Waals surface area contributed by atoms with Crippen molar-refractivity contribution in [3.05, 3.63) is 18.2 Å². The number of aromatic nitrogens is 2. The van der Waals surface area contributed by atoms with Crippen LogP contribution in [0, 0.1) is 0 Å². The summed E-state index contributed by atoms with van der Waals surface area (Å²) in [6.07, 6.45) is 6.30. The molecule has 0 saturated heterocycles. The first kappa shape index (κ1) is 5.03. The minimum Gasteiger partial charge on any atom is -0.348 e. The van der Waals surface area contributed by atoms with E-state index < -0.39 is 0 Å². The maximum Gasteiger partial charge on any atom is 0.0921 e. The molecule has 9 heavy (non-hydrogen) atoms. The van der Waals surface area contributed by atoms with Crippen molar-refractivity contribution < 1.29 is 0 Å². The summed E-state index contributed by atoms with van der Waals surface area (Å²) in [5, 5.41) is 0. The molecular formula is C7H10N2. The predicted octanol–water partition coefficient (Wildman–Crippen LogP) is 1.46. The van der Waals surface area contributed by atoms with Gasteiger partial charge in [0, 0.05) is 17.3 Å². The van der Waals surface area contributed by atoms with Crippen LogP contribution in [0.4, 0.5) is 0 Å². The number of hydrogen-bond donors (Lipinski definition) is 1. The van der Waals surface area contributed by atoms with Crippen LogP contribution in [0.2, 0.25) is 0 Å². The quantitative estimate of drug-likeness (QED) is 0.600. The number of hydrogen-bond acceptors (Lipinski definition) is 1. The average Bonchev–Trinajstić information content (AvgIpc) is 2.46. The Morgan fingerprint density at radius 2 is 2.44 bits per heavy atom. The molecule has 1 aliphatic rings. The van der Waals surface area contributed by atoms with Crippen molar-refractivity contribution in [2.45, 2.75) is 25.2 Å². The molecule has 0 spiro atoms. The fraction of sp³-hybridized carbons (Fsp3) is 0.571. The second kappa shape index (κ2) is 1.38. The Morgan fingerprint density at radius 1 is 1.67 bits per heavy atom. The molecular weight excluding hydrogens is 112 g/mol. The number of imidazole rings is 1. The van der Waals surface area contributed by atoms with Gasteiger partial charge in [-0.05, 0) is 12.8 Å². The molecule has 0 amide bonds. The molecule has 1 saturated carbocycles. The Labute approximate surface area is 54.3 Å². The van der Waals surface area contributed by atoms with Crippen LogP contribution in [0.15, 0.2) is 12.5 Å². The van der Waals surface area contributed by atoms with Gasteiger partial charge in [-0.2, -0.15) is 0 Å². The average molecular weight is 122 g/mol. The van der Waals surface area contributed by atoms with E-state index in [0.717, 1.165) is 0 Å². The van der Waals surface area contributed by atoms with E-state index in [9.17, 15) is 0 Å². The van der Waals surface area contributed by atoms with Crippen LogP contribution in [0.25, 0.3) is 0 Å². The van der Waals surface area contributed by atoms with Gasteiger partial charge in [0.15, 0.2) is 0 Å². The molecule has 1 aliphatic carbocycles. The van der Waals surface area contributed by atoms with Gasteiger partial charge in [-0.1, -0.05) is 6.92 Å². The van der Waals surface area contributed by atoms with Gasteiger partial charge in [-0.15, -0.1) is 0 Å². The summed E-state index contributed by atoms with van der Waals surface area (Å²) in [5.41, 5.74) is 1.75. The van der Waals surface area contributed by atoms with E-state index in [1.807, 2.05) is 6.20 Å². The zero-order chi connectivity index (χ0) is 6.32. The minimum absolute atomic E-state index is 0.455. The van der Waals surface area contributed by atoms with Crippen LogP contribution < -0.4 is 0 Å². The Balaban J connectivity index is 2.34. The zero-order valence-electron chi connectivity index (χ0n) is 5.52. The molecule has 2 rings (SSSR count). The highest BCUT2D eigenvalue weighted by atomic mass is 14.9. The van der Waals surface area contributed by atoms with E-state index >= 15 is 0 Å². The first-order chi connectivity index (χ1) is 4.31. The maximum absolute atomic E-state index is 3.97. The van der Waals surface area contributed by atoms with Crippen molar-refractivity contribution in [2.75, 3.05) is 0 Å². The smallest absolute Gasteiger partial charge is 0.0921 e. The van der Waals surface area contributed by atoms with Crippen molar-refractivity contribution in [3.8, 4) is 0 Å². The SMILES string of the molecule is CC1(c2cnc[nH]2)CC1. The molecule has 1 N–H and O–H groups in total. The number of nitrogens with zero attached hydrogens (tertiary/aromatic N) is 1. The van der Waals surface area contributed by atoms with Gasteiger partial charge in [-0.3, -0.25) is 0 Å². The number of nitrogens with one attached hydrogen (secondary N) is 1. The second-order valence-electron chi connectivity index (χ2n) is 3.03. The molecule has 2 heteroatoms. The highest BCUT2D eigenvalue weighted by Gasteiger charge is 2.40. The van der Waals surface area contributed by atoms with Crippen molar-refractivity contribution in [1.82, 2.24) is 9.97 Å². The van der Waals surface area contributed by atoms with Gasteiger partial charge >= 0.3 is 0 Å². The van der Waals surface area contributed by atoms with E-state index in [0.29, 0.717) is 5.41 Å². The first-order valence-electron chi connectivity index (χ1n) is 3.30. The topological polar surface area (TPSA) is 28.7 Å². The molecule has 0 unspecified atom stereocenters. The predicted molar refractivity (Wildman–Crippen MR) is 35.2 cm³/mol. The third-order valence-electron chi connectivity index (χ3n) is 2.15. The number of H-pyrrole nitrogens is 1. The summed E-state index contributed by atoms with van der Waals surface area (Å²) in [5.74, 6) is 0. The Kier molecular flexibility index (Phi) is 0.770. The summed E-state index contributed by atoms with van der Waals surface area (Å²) in [4.78, 5) is 7.10. The van der Waals surface area contributed by atoms with Crippen molar-refractivity contribution in [1.29, 1.82) is 0 Å². The van der Waals surface area contributed by atoms with Gasteiger partial charge in [0.2, 0.25) is 0 Å². The number of aromatic amines is 1. The van der Waals surface area contributed by atoms with Crippen LogP contribution in [0.1, 0.15) is 25.5 Å². The van der Waals surface area contributed by atoms with Crippen molar-refractivity contribution >= 4 is 0 Å². The largest absolute Gasteiger partial charge is 0.348 e. The summed E-state index contributed by atoms with van der Waals surface area (Å²) < 4.78 is 0. The summed E-state index contributed by atoms with van der Waals surface area (Å²) in [6, 6.07) is 0. The fourth-order valence-corrected chi connectivity index (χ4v) is 1.04. The van der Waals surface area contributed by atoms with Gasteiger partial charge in [-0.25, -0.2) is 4.98 Å². The fourth-order valence-electron chi connectivity index (χ4n) is 1.04. The molecule has 1 heterocycles. The van der Waals surface area contributed by atoms with Crippen molar-refractivity contribution in [3.63, 3.8) is 0 Å². The molecule has 0 bridgehead atoms. The molecule has 1 fully saturated rings. The van der Waals surface area contributed by atoms with Gasteiger partial charge in [0.05, 0.1) is 6.33 Å². The summed E-state index contributed by atoms with van der Waals surface area (Å²) in [6.45, 7) is 2.26. The molecule has 0 radical (unpaired) electrons. The minimum atomic E-state index is 0.455. The normalized spacial score (nSPS) is 21.9. The number of rotatable bonds is 1. The van der Waals surface area contributed by atoms with E-state index in [-0.39, 0.29) is 0 Å². The highest BCUT2D eigenvalue weighted by Crippen LogP contribution is 2.46. The molecule has 1 aromatic heterocycles. The zero-order valence-corrected chi connectivity index (χ0v) is 5.52. The molecule has 0 atom stereocenters. The summed E-state index contributed by atoms with van der Waals surface area (Å²) >= 11 is 0. The highest BCUT2D eigenvalue weighted by molar-refractivity contribution is 5.19. The van der Waals surface area contributed by atoms with Crippen LogP contribution in [0.5, 0.6) is 0 Å². The van der Waals surface area contributed by atoms with E-state index in [2.05, 4.69) is 16.9 Å².